The van der Waals surface area contributed by atoms with Gasteiger partial charge in [0.1, 0.15) is 5.52 Å². The van der Waals surface area contributed by atoms with E-state index >= 15 is 0 Å². The maximum absolute atomic E-state index is 12.2. The van der Waals surface area contributed by atoms with Crippen LogP contribution in [0.5, 0.6) is 0 Å². The van der Waals surface area contributed by atoms with Crippen molar-refractivity contribution < 1.29 is 9.21 Å². The van der Waals surface area contributed by atoms with Gasteiger partial charge in [0.15, 0.2) is 5.58 Å². The Kier molecular flexibility index (Phi) is 4.41. The summed E-state index contributed by atoms with van der Waals surface area (Å²) >= 11 is 0. The van der Waals surface area contributed by atoms with Gasteiger partial charge in [-0.25, -0.2) is 4.79 Å². The van der Waals surface area contributed by atoms with Crippen LogP contribution in [0.2, 0.25) is 0 Å². The maximum Gasteiger partial charge on any atom is 0.417 e. The fourth-order valence-corrected chi connectivity index (χ4v) is 2.84. The van der Waals surface area contributed by atoms with Crippen LogP contribution in [-0.2, 0) is 4.79 Å². The molecule has 0 aliphatic carbocycles. The molecule has 2 N–H and O–H groups in total. The average molecular weight is 356 g/mol. The number of rotatable bonds is 4. The van der Waals surface area contributed by atoms with E-state index in [1.165, 1.54) is 6.08 Å². The SMILES string of the molecule is O=C(/C=C/c1ccc(-c2ccccc2)cc1)Nc1cccc2oc(=O)[nH]c12. The Balaban J connectivity index is 1.47. The summed E-state index contributed by atoms with van der Waals surface area (Å²) in [5.41, 5.74) is 4.54. The van der Waals surface area contributed by atoms with Crippen molar-refractivity contribution in [1.82, 2.24) is 4.98 Å². The molecule has 0 atom stereocenters. The average Bonchev–Trinajstić information content (AvgIpc) is 3.09. The summed E-state index contributed by atoms with van der Waals surface area (Å²) in [6.45, 7) is 0. The highest BCUT2D eigenvalue weighted by Gasteiger charge is 2.07. The zero-order chi connectivity index (χ0) is 18.6. The predicted octanol–water partition coefficient (Wildman–Crippen LogP) is 4.44. The lowest BCUT2D eigenvalue weighted by molar-refractivity contribution is -0.111. The van der Waals surface area contributed by atoms with Gasteiger partial charge in [0.05, 0.1) is 5.69 Å². The number of aromatic nitrogens is 1. The van der Waals surface area contributed by atoms with Crippen LogP contribution in [0.3, 0.4) is 0 Å². The number of aromatic amines is 1. The molecular weight excluding hydrogens is 340 g/mol. The zero-order valence-electron chi connectivity index (χ0n) is 14.3. The van der Waals surface area contributed by atoms with E-state index in [9.17, 15) is 9.59 Å². The summed E-state index contributed by atoms with van der Waals surface area (Å²) in [5.74, 6) is -0.850. The minimum absolute atomic E-state index is 0.295. The highest BCUT2D eigenvalue weighted by Crippen LogP contribution is 2.21. The number of hydrogen-bond acceptors (Lipinski definition) is 3. The van der Waals surface area contributed by atoms with Crippen LogP contribution in [0, 0.1) is 0 Å². The molecule has 0 aliphatic rings. The van der Waals surface area contributed by atoms with E-state index in [1.54, 1.807) is 24.3 Å². The third-order valence-electron chi connectivity index (χ3n) is 4.16. The van der Waals surface area contributed by atoms with Gasteiger partial charge < -0.3 is 9.73 Å². The van der Waals surface area contributed by atoms with Crippen LogP contribution in [-0.4, -0.2) is 10.9 Å². The third-order valence-corrected chi connectivity index (χ3v) is 4.16. The first-order valence-electron chi connectivity index (χ1n) is 8.45. The molecular formula is C22H16N2O3. The van der Waals surface area contributed by atoms with Crippen LogP contribution in [0.4, 0.5) is 5.69 Å². The number of fused-ring (bicyclic) bond motifs is 1. The molecule has 27 heavy (non-hydrogen) atoms. The molecule has 4 rings (SSSR count). The van der Waals surface area contributed by atoms with Gasteiger partial charge in [-0.3, -0.25) is 9.78 Å². The molecule has 0 aliphatic heterocycles. The minimum atomic E-state index is -0.555. The summed E-state index contributed by atoms with van der Waals surface area (Å²) in [7, 11) is 0. The Morgan fingerprint density at radius 3 is 2.41 bits per heavy atom. The van der Waals surface area contributed by atoms with Crippen molar-refractivity contribution in [2.75, 3.05) is 5.32 Å². The Morgan fingerprint density at radius 1 is 0.889 bits per heavy atom. The van der Waals surface area contributed by atoms with Crippen molar-refractivity contribution in [3.8, 4) is 11.1 Å². The molecule has 5 nitrogen and oxygen atoms in total. The van der Waals surface area contributed by atoms with Gasteiger partial charge in [-0.1, -0.05) is 60.7 Å². The largest absolute Gasteiger partial charge is 0.417 e. The number of nitrogens with one attached hydrogen (secondary N) is 2. The van der Waals surface area contributed by atoms with Crippen LogP contribution in [0.25, 0.3) is 28.3 Å². The van der Waals surface area contributed by atoms with Crippen molar-refractivity contribution in [2.24, 2.45) is 0 Å². The molecule has 3 aromatic carbocycles. The van der Waals surface area contributed by atoms with Gasteiger partial charge in [0, 0.05) is 6.08 Å². The molecule has 0 fully saturated rings. The molecule has 0 radical (unpaired) electrons. The predicted molar refractivity (Wildman–Crippen MR) is 106 cm³/mol. The molecule has 4 aromatic rings. The van der Waals surface area contributed by atoms with Gasteiger partial charge in [0.2, 0.25) is 5.91 Å². The number of hydrogen-bond donors (Lipinski definition) is 2. The molecule has 1 aromatic heterocycles. The Labute approximate surface area is 155 Å². The molecule has 1 heterocycles. The summed E-state index contributed by atoms with van der Waals surface area (Å²) < 4.78 is 4.99. The van der Waals surface area contributed by atoms with Crippen molar-refractivity contribution in [2.45, 2.75) is 0 Å². The van der Waals surface area contributed by atoms with Gasteiger partial charge in [-0.2, -0.15) is 0 Å². The Bertz CT molecular complexity index is 1170. The third kappa shape index (κ3) is 3.72. The first-order valence-corrected chi connectivity index (χ1v) is 8.45. The molecule has 0 spiro atoms. The number of amides is 1. The quantitative estimate of drug-likeness (QED) is 0.531. The summed E-state index contributed by atoms with van der Waals surface area (Å²) in [6.07, 6.45) is 3.19. The monoisotopic (exact) mass is 356 g/mol. The first kappa shape index (κ1) is 16.6. The summed E-state index contributed by atoms with van der Waals surface area (Å²) in [4.78, 5) is 26.1. The second-order valence-corrected chi connectivity index (χ2v) is 6.00. The Hall–Kier alpha value is -3.86. The van der Waals surface area contributed by atoms with E-state index in [0.717, 1.165) is 16.7 Å². The van der Waals surface area contributed by atoms with E-state index in [0.29, 0.717) is 16.8 Å². The van der Waals surface area contributed by atoms with Gasteiger partial charge in [-0.15, -0.1) is 0 Å². The van der Waals surface area contributed by atoms with E-state index in [4.69, 9.17) is 4.42 Å². The number of H-pyrrole nitrogens is 1. The van der Waals surface area contributed by atoms with Crippen molar-refractivity contribution >= 4 is 28.8 Å². The van der Waals surface area contributed by atoms with E-state index in [1.807, 2.05) is 42.5 Å². The number of benzene rings is 3. The molecule has 132 valence electrons. The molecule has 5 heteroatoms. The Morgan fingerprint density at radius 2 is 1.63 bits per heavy atom. The molecule has 0 saturated carbocycles. The van der Waals surface area contributed by atoms with Crippen molar-refractivity contribution in [3.05, 3.63) is 95.0 Å². The lowest BCUT2D eigenvalue weighted by atomic mass is 10.0. The van der Waals surface area contributed by atoms with Crippen LogP contribution in [0.1, 0.15) is 5.56 Å². The fraction of sp³-hybridized carbons (Fsp3) is 0. The van der Waals surface area contributed by atoms with Gasteiger partial charge >= 0.3 is 5.76 Å². The van der Waals surface area contributed by atoms with Crippen LogP contribution < -0.4 is 11.1 Å². The number of carbonyl (C=O) groups excluding carboxylic acids is 1. The van der Waals surface area contributed by atoms with Crippen molar-refractivity contribution in [3.63, 3.8) is 0 Å². The molecule has 1 amide bonds. The highest BCUT2D eigenvalue weighted by atomic mass is 16.4. The lowest BCUT2D eigenvalue weighted by Crippen LogP contribution is -2.08. The normalized spacial score (nSPS) is 11.1. The number of carbonyl (C=O) groups is 1. The first-order chi connectivity index (χ1) is 13.2. The fourth-order valence-electron chi connectivity index (χ4n) is 2.84. The topological polar surface area (TPSA) is 75.1 Å². The van der Waals surface area contributed by atoms with E-state index in [2.05, 4.69) is 22.4 Å². The summed E-state index contributed by atoms with van der Waals surface area (Å²) in [5, 5.41) is 2.75. The van der Waals surface area contributed by atoms with Gasteiger partial charge in [0.25, 0.3) is 0 Å². The molecule has 0 bridgehead atoms. The van der Waals surface area contributed by atoms with E-state index < -0.39 is 5.76 Å². The lowest BCUT2D eigenvalue weighted by Gasteiger charge is -2.03. The van der Waals surface area contributed by atoms with E-state index in [-0.39, 0.29) is 5.91 Å². The zero-order valence-corrected chi connectivity index (χ0v) is 14.3. The smallest absolute Gasteiger partial charge is 0.408 e. The summed E-state index contributed by atoms with van der Waals surface area (Å²) in [6, 6.07) is 23.1. The molecule has 0 saturated heterocycles. The number of oxazole rings is 1. The number of anilines is 1. The van der Waals surface area contributed by atoms with Crippen LogP contribution >= 0.6 is 0 Å². The number of para-hydroxylation sites is 1. The second kappa shape index (κ2) is 7.17. The second-order valence-electron chi connectivity index (χ2n) is 6.00. The minimum Gasteiger partial charge on any atom is -0.408 e. The van der Waals surface area contributed by atoms with Crippen LogP contribution in [0.15, 0.2) is 88.1 Å². The van der Waals surface area contributed by atoms with Crippen molar-refractivity contribution in [1.29, 1.82) is 0 Å². The standard InChI is InChI=1S/C22H16N2O3/c25-20(23-18-7-4-8-19-21(18)24-22(26)27-19)14-11-15-9-12-17(13-10-15)16-5-2-1-3-6-16/h1-14H,(H,23,25)(H,24,26)/b14-11+. The maximum atomic E-state index is 12.2. The van der Waals surface area contributed by atoms with Gasteiger partial charge in [-0.05, 0) is 34.9 Å². The highest BCUT2D eigenvalue weighted by molar-refractivity contribution is 6.05. The molecule has 0 unspecified atom stereocenters.